The van der Waals surface area contributed by atoms with Gasteiger partial charge in [0, 0.05) is 19.2 Å². The minimum atomic E-state index is -0.567. The molecule has 0 aromatic heterocycles. The summed E-state index contributed by atoms with van der Waals surface area (Å²) in [5.41, 5.74) is 0.0901. The minimum absolute atomic E-state index is 0.0666. The number of hydrogen-bond donors (Lipinski definition) is 2. The molecule has 0 bridgehead atoms. The summed E-state index contributed by atoms with van der Waals surface area (Å²) in [6.07, 6.45) is 1.73. The number of halogens is 1. The van der Waals surface area contributed by atoms with Crippen LogP contribution >= 0.6 is 0 Å². The molecule has 1 aromatic carbocycles. The van der Waals surface area contributed by atoms with Gasteiger partial charge in [-0.15, -0.1) is 0 Å². The van der Waals surface area contributed by atoms with Crippen LogP contribution in [0.4, 0.5) is 4.39 Å². The van der Waals surface area contributed by atoms with E-state index in [9.17, 15) is 14.3 Å². The van der Waals surface area contributed by atoms with E-state index in [2.05, 4.69) is 5.32 Å². The van der Waals surface area contributed by atoms with Crippen molar-refractivity contribution in [2.75, 3.05) is 7.11 Å². The Kier molecular flexibility index (Phi) is 3.28. The van der Waals surface area contributed by atoms with Crippen LogP contribution in [-0.4, -0.2) is 30.3 Å². The van der Waals surface area contributed by atoms with Crippen LogP contribution in [0, 0.1) is 5.82 Å². The Labute approximate surface area is 98.4 Å². The van der Waals surface area contributed by atoms with Crippen molar-refractivity contribution in [3.05, 3.63) is 29.6 Å². The maximum absolute atomic E-state index is 12.7. The lowest BCUT2D eigenvalue weighted by molar-refractivity contribution is 0.0176. The molecule has 1 aromatic rings. The van der Waals surface area contributed by atoms with Crippen LogP contribution in [0.3, 0.4) is 0 Å². The SMILES string of the molecule is COC1CC(NC(=O)c2ccc(F)cc2O)C1. The molecule has 1 saturated carbocycles. The third-order valence-electron chi connectivity index (χ3n) is 2.97. The number of ether oxygens (including phenoxy) is 1. The molecule has 17 heavy (non-hydrogen) atoms. The summed E-state index contributed by atoms with van der Waals surface area (Å²) < 4.78 is 17.8. The summed E-state index contributed by atoms with van der Waals surface area (Å²) in [7, 11) is 1.63. The first-order chi connectivity index (χ1) is 8.10. The number of carbonyl (C=O) groups is 1. The highest BCUT2D eigenvalue weighted by molar-refractivity contribution is 5.97. The number of carbonyl (C=O) groups excluding carboxylic acids is 1. The van der Waals surface area contributed by atoms with Gasteiger partial charge in [0.1, 0.15) is 11.6 Å². The molecule has 0 radical (unpaired) electrons. The number of nitrogens with one attached hydrogen (secondary N) is 1. The first kappa shape index (κ1) is 11.9. The molecule has 92 valence electrons. The van der Waals surface area contributed by atoms with Gasteiger partial charge in [0.05, 0.1) is 11.7 Å². The van der Waals surface area contributed by atoms with Crippen LogP contribution < -0.4 is 5.32 Å². The number of hydrogen-bond acceptors (Lipinski definition) is 3. The summed E-state index contributed by atoms with van der Waals surface area (Å²) in [5.74, 6) is -1.30. The van der Waals surface area contributed by atoms with Gasteiger partial charge in [-0.05, 0) is 25.0 Å². The van der Waals surface area contributed by atoms with Crippen molar-refractivity contribution >= 4 is 5.91 Å². The smallest absolute Gasteiger partial charge is 0.255 e. The van der Waals surface area contributed by atoms with Crippen molar-refractivity contribution in [1.29, 1.82) is 0 Å². The fourth-order valence-corrected chi connectivity index (χ4v) is 1.84. The Bertz CT molecular complexity index is 430. The van der Waals surface area contributed by atoms with Crippen molar-refractivity contribution in [2.24, 2.45) is 0 Å². The molecule has 1 aliphatic rings. The summed E-state index contributed by atoms with van der Waals surface area (Å²) >= 11 is 0. The standard InChI is InChI=1S/C12H14FNO3/c1-17-9-5-8(6-9)14-12(16)10-3-2-7(13)4-11(10)15/h2-4,8-9,15H,5-6H2,1H3,(H,14,16). The van der Waals surface area contributed by atoms with E-state index in [4.69, 9.17) is 4.74 Å². The normalized spacial score (nSPS) is 22.9. The number of rotatable bonds is 3. The summed E-state index contributed by atoms with van der Waals surface area (Å²) in [4.78, 5) is 11.7. The van der Waals surface area contributed by atoms with E-state index in [1.807, 2.05) is 0 Å². The van der Waals surface area contributed by atoms with Crippen LogP contribution in [0.15, 0.2) is 18.2 Å². The highest BCUT2D eigenvalue weighted by Gasteiger charge is 2.30. The van der Waals surface area contributed by atoms with Crippen molar-refractivity contribution in [1.82, 2.24) is 5.32 Å². The number of benzene rings is 1. The third-order valence-corrected chi connectivity index (χ3v) is 2.97. The van der Waals surface area contributed by atoms with Gasteiger partial charge < -0.3 is 15.2 Å². The molecule has 1 aliphatic carbocycles. The van der Waals surface area contributed by atoms with Gasteiger partial charge in [0.15, 0.2) is 0 Å². The van der Waals surface area contributed by atoms with Crippen molar-refractivity contribution in [3.8, 4) is 5.75 Å². The van der Waals surface area contributed by atoms with Crippen LogP contribution in [0.25, 0.3) is 0 Å². The maximum Gasteiger partial charge on any atom is 0.255 e. The summed E-state index contributed by atoms with van der Waals surface area (Å²) in [6, 6.07) is 3.41. The van der Waals surface area contributed by atoms with Crippen molar-refractivity contribution in [2.45, 2.75) is 25.0 Å². The quantitative estimate of drug-likeness (QED) is 0.839. The third kappa shape index (κ3) is 2.55. The topological polar surface area (TPSA) is 58.6 Å². The number of aromatic hydroxyl groups is 1. The number of phenolic OH excluding ortho intramolecular Hbond substituents is 1. The maximum atomic E-state index is 12.7. The molecule has 0 spiro atoms. The van der Waals surface area contributed by atoms with E-state index in [1.165, 1.54) is 6.07 Å². The highest BCUT2D eigenvalue weighted by Crippen LogP contribution is 2.24. The number of methoxy groups -OCH3 is 1. The Morgan fingerprint density at radius 2 is 2.24 bits per heavy atom. The first-order valence-corrected chi connectivity index (χ1v) is 5.42. The fourth-order valence-electron chi connectivity index (χ4n) is 1.84. The molecule has 0 heterocycles. The Balaban J connectivity index is 1.96. The Morgan fingerprint density at radius 3 is 2.82 bits per heavy atom. The van der Waals surface area contributed by atoms with E-state index in [0.29, 0.717) is 0 Å². The zero-order valence-corrected chi connectivity index (χ0v) is 9.44. The van der Waals surface area contributed by atoms with Crippen LogP contribution in [0.2, 0.25) is 0 Å². The molecule has 0 aliphatic heterocycles. The van der Waals surface area contributed by atoms with Crippen LogP contribution in [-0.2, 0) is 4.74 Å². The van der Waals surface area contributed by atoms with Gasteiger partial charge in [-0.3, -0.25) is 4.79 Å². The lowest BCUT2D eigenvalue weighted by atomic mass is 9.89. The van der Waals surface area contributed by atoms with E-state index in [-0.39, 0.29) is 29.4 Å². The summed E-state index contributed by atoms with van der Waals surface area (Å²) in [6.45, 7) is 0. The molecule has 0 atom stereocenters. The second-order valence-electron chi connectivity index (χ2n) is 4.16. The van der Waals surface area contributed by atoms with E-state index >= 15 is 0 Å². The second kappa shape index (κ2) is 4.71. The second-order valence-corrected chi connectivity index (χ2v) is 4.16. The molecule has 1 amide bonds. The largest absolute Gasteiger partial charge is 0.507 e. The lowest BCUT2D eigenvalue weighted by Crippen LogP contribution is -2.47. The van der Waals surface area contributed by atoms with Crippen LogP contribution in [0.1, 0.15) is 23.2 Å². The molecular formula is C12H14FNO3. The van der Waals surface area contributed by atoms with E-state index in [1.54, 1.807) is 7.11 Å². The molecule has 0 saturated heterocycles. The van der Waals surface area contributed by atoms with Gasteiger partial charge in [-0.1, -0.05) is 0 Å². The highest BCUT2D eigenvalue weighted by atomic mass is 19.1. The van der Waals surface area contributed by atoms with E-state index in [0.717, 1.165) is 25.0 Å². The van der Waals surface area contributed by atoms with Crippen LogP contribution in [0.5, 0.6) is 5.75 Å². The predicted octanol–water partition coefficient (Wildman–Crippen LogP) is 1.44. The van der Waals surface area contributed by atoms with E-state index < -0.39 is 5.82 Å². The number of amides is 1. The minimum Gasteiger partial charge on any atom is -0.507 e. The number of phenols is 1. The molecule has 5 heteroatoms. The van der Waals surface area contributed by atoms with Gasteiger partial charge in [0.2, 0.25) is 0 Å². The molecular weight excluding hydrogens is 225 g/mol. The molecule has 2 N–H and O–H groups in total. The molecule has 4 nitrogen and oxygen atoms in total. The molecule has 2 rings (SSSR count). The Hall–Kier alpha value is -1.62. The van der Waals surface area contributed by atoms with Gasteiger partial charge >= 0.3 is 0 Å². The first-order valence-electron chi connectivity index (χ1n) is 5.42. The zero-order chi connectivity index (χ0) is 12.4. The lowest BCUT2D eigenvalue weighted by Gasteiger charge is -2.34. The van der Waals surface area contributed by atoms with Gasteiger partial charge in [0.25, 0.3) is 5.91 Å². The summed E-state index contributed by atoms with van der Waals surface area (Å²) in [5, 5.41) is 12.2. The average Bonchev–Trinajstić information content (AvgIpc) is 2.22. The van der Waals surface area contributed by atoms with Crippen molar-refractivity contribution in [3.63, 3.8) is 0 Å². The van der Waals surface area contributed by atoms with Crippen molar-refractivity contribution < 1.29 is 19.0 Å². The predicted molar refractivity (Wildman–Crippen MR) is 59.4 cm³/mol. The fraction of sp³-hybridized carbons (Fsp3) is 0.417. The Morgan fingerprint density at radius 1 is 1.53 bits per heavy atom. The average molecular weight is 239 g/mol. The molecule has 1 fully saturated rings. The van der Waals surface area contributed by atoms with Gasteiger partial charge in [-0.25, -0.2) is 4.39 Å². The zero-order valence-electron chi connectivity index (χ0n) is 9.44. The monoisotopic (exact) mass is 239 g/mol. The molecule has 0 unspecified atom stereocenters. The van der Waals surface area contributed by atoms with Gasteiger partial charge in [-0.2, -0.15) is 0 Å².